The normalized spacial score (nSPS) is 13.0. The van der Waals surface area contributed by atoms with E-state index in [2.05, 4.69) is 47.9 Å². The molecule has 7 rings (SSSR count). The molecule has 5 aromatic carbocycles. The van der Waals surface area contributed by atoms with Crippen LogP contribution < -0.4 is 10.4 Å². The zero-order valence-corrected chi connectivity index (χ0v) is 20.6. The van der Waals surface area contributed by atoms with E-state index in [1.165, 1.54) is 0 Å². The number of benzene rings is 5. The number of anilines is 2. The van der Waals surface area contributed by atoms with Crippen LogP contribution in [0, 0.1) is 0 Å². The molecule has 0 aromatic heterocycles. The van der Waals surface area contributed by atoms with Crippen molar-refractivity contribution >= 4 is 28.6 Å². The molecule has 5 aromatic rings. The first-order chi connectivity index (χ1) is 18.8. The number of nitrogens with zero attached hydrogens (tertiary/aromatic N) is 1. The molecule has 0 aliphatic carbocycles. The lowest BCUT2D eigenvalue weighted by atomic mass is 9.85. The average molecular weight is 493 g/mol. The highest BCUT2D eigenvalue weighted by molar-refractivity contribution is 6.31. The maximum Gasteiger partial charge on any atom is 0.341 e. The SMILES string of the molecule is O=C(OCc1ccccc1)C1=C2c3ccccc3-c3ccccc3N2Nc2c1cccc2-c1ccccc1. The van der Waals surface area contributed by atoms with Crippen LogP contribution >= 0.6 is 0 Å². The number of para-hydroxylation sites is 2. The summed E-state index contributed by atoms with van der Waals surface area (Å²) in [5.74, 6) is -0.351. The van der Waals surface area contributed by atoms with E-state index in [0.29, 0.717) is 5.57 Å². The third-order valence-electron chi connectivity index (χ3n) is 7.14. The van der Waals surface area contributed by atoms with Gasteiger partial charge in [0.25, 0.3) is 0 Å². The number of rotatable bonds is 4. The fourth-order valence-electron chi connectivity index (χ4n) is 5.41. The first-order valence-electron chi connectivity index (χ1n) is 12.7. The van der Waals surface area contributed by atoms with Gasteiger partial charge in [-0.2, -0.15) is 0 Å². The molecule has 0 spiro atoms. The molecule has 0 fully saturated rings. The summed E-state index contributed by atoms with van der Waals surface area (Å²) in [6.07, 6.45) is 0. The number of hydrogen-bond acceptors (Lipinski definition) is 4. The van der Waals surface area contributed by atoms with Gasteiger partial charge in [-0.05, 0) is 22.8 Å². The second-order valence-electron chi connectivity index (χ2n) is 9.39. The maximum absolute atomic E-state index is 14.0. The summed E-state index contributed by atoms with van der Waals surface area (Å²) in [5.41, 5.74) is 14.0. The Morgan fingerprint density at radius 1 is 0.605 bits per heavy atom. The molecule has 38 heavy (non-hydrogen) atoms. The van der Waals surface area contributed by atoms with Crippen molar-refractivity contribution in [1.29, 1.82) is 0 Å². The van der Waals surface area contributed by atoms with E-state index in [1.807, 2.05) is 89.9 Å². The smallest absolute Gasteiger partial charge is 0.341 e. The maximum atomic E-state index is 14.0. The molecule has 1 N–H and O–H groups in total. The fourth-order valence-corrected chi connectivity index (χ4v) is 5.41. The molecule has 0 saturated heterocycles. The molecule has 4 heteroatoms. The summed E-state index contributed by atoms with van der Waals surface area (Å²) in [4.78, 5) is 14.0. The Morgan fingerprint density at radius 2 is 1.21 bits per heavy atom. The molecular weight excluding hydrogens is 468 g/mol. The van der Waals surface area contributed by atoms with Gasteiger partial charge in [0.2, 0.25) is 0 Å². The van der Waals surface area contributed by atoms with E-state index in [4.69, 9.17) is 4.74 Å². The lowest BCUT2D eigenvalue weighted by Crippen LogP contribution is -2.36. The summed E-state index contributed by atoms with van der Waals surface area (Å²) in [7, 11) is 0. The lowest BCUT2D eigenvalue weighted by molar-refractivity contribution is -0.137. The van der Waals surface area contributed by atoms with Gasteiger partial charge in [-0.1, -0.05) is 121 Å². The molecule has 2 aliphatic rings. The Kier molecular flexibility index (Phi) is 5.30. The number of fused-ring (bicyclic) bond motifs is 7. The van der Waals surface area contributed by atoms with Gasteiger partial charge in [-0.3, -0.25) is 10.4 Å². The molecule has 0 amide bonds. The molecule has 2 heterocycles. The van der Waals surface area contributed by atoms with E-state index in [0.717, 1.165) is 56.0 Å². The zero-order chi connectivity index (χ0) is 25.5. The second kappa shape index (κ2) is 9.09. The number of ether oxygens (including phenoxy) is 1. The van der Waals surface area contributed by atoms with Gasteiger partial charge < -0.3 is 4.74 Å². The predicted octanol–water partition coefficient (Wildman–Crippen LogP) is 7.79. The number of hydrogen-bond donors (Lipinski definition) is 1. The van der Waals surface area contributed by atoms with Crippen LogP contribution in [0.3, 0.4) is 0 Å². The van der Waals surface area contributed by atoms with Crippen molar-refractivity contribution in [1.82, 2.24) is 0 Å². The van der Waals surface area contributed by atoms with E-state index in [-0.39, 0.29) is 12.6 Å². The Bertz CT molecular complexity index is 1710. The highest BCUT2D eigenvalue weighted by atomic mass is 16.5. The van der Waals surface area contributed by atoms with E-state index in [1.54, 1.807) is 0 Å². The minimum absolute atomic E-state index is 0.204. The number of nitrogens with one attached hydrogen (secondary N) is 1. The molecule has 0 bridgehead atoms. The minimum atomic E-state index is -0.351. The molecule has 2 aliphatic heterocycles. The zero-order valence-electron chi connectivity index (χ0n) is 20.6. The van der Waals surface area contributed by atoms with Gasteiger partial charge in [-0.15, -0.1) is 0 Å². The lowest BCUT2D eigenvalue weighted by Gasteiger charge is -2.41. The van der Waals surface area contributed by atoms with Gasteiger partial charge in [0.1, 0.15) is 6.61 Å². The van der Waals surface area contributed by atoms with Crippen molar-refractivity contribution in [3.8, 4) is 22.3 Å². The Balaban J connectivity index is 1.47. The van der Waals surface area contributed by atoms with Gasteiger partial charge in [0.05, 0.1) is 22.6 Å². The van der Waals surface area contributed by atoms with Crippen LogP contribution in [0.15, 0.2) is 127 Å². The number of carbonyl (C=O) groups excluding carboxylic acids is 1. The van der Waals surface area contributed by atoms with Crippen LogP contribution in [0.1, 0.15) is 16.7 Å². The third kappa shape index (κ3) is 3.58. The molecule has 0 unspecified atom stereocenters. The van der Waals surface area contributed by atoms with Crippen LogP contribution in [0.2, 0.25) is 0 Å². The molecular formula is C34H24N2O2. The van der Waals surface area contributed by atoms with Crippen molar-refractivity contribution < 1.29 is 9.53 Å². The highest BCUT2D eigenvalue weighted by Crippen LogP contribution is 2.51. The summed E-state index contributed by atoms with van der Waals surface area (Å²) < 4.78 is 5.97. The fraction of sp³-hybridized carbons (Fsp3) is 0.0294. The Labute approximate surface area is 221 Å². The minimum Gasteiger partial charge on any atom is -0.457 e. The summed E-state index contributed by atoms with van der Waals surface area (Å²) >= 11 is 0. The molecule has 0 saturated carbocycles. The van der Waals surface area contributed by atoms with Gasteiger partial charge in [-0.25, -0.2) is 4.79 Å². The topological polar surface area (TPSA) is 41.6 Å². The van der Waals surface area contributed by atoms with Gasteiger partial charge >= 0.3 is 5.97 Å². The Hall–Kier alpha value is -5.09. The molecule has 0 atom stereocenters. The largest absolute Gasteiger partial charge is 0.457 e. The summed E-state index contributed by atoms with van der Waals surface area (Å²) in [5, 5.41) is 2.05. The van der Waals surface area contributed by atoms with E-state index in [9.17, 15) is 4.79 Å². The van der Waals surface area contributed by atoms with Crippen molar-refractivity contribution in [2.45, 2.75) is 6.61 Å². The molecule has 4 nitrogen and oxygen atoms in total. The van der Waals surface area contributed by atoms with Crippen molar-refractivity contribution in [2.75, 3.05) is 10.4 Å². The predicted molar refractivity (Wildman–Crippen MR) is 153 cm³/mol. The van der Waals surface area contributed by atoms with Crippen LogP contribution in [0.25, 0.3) is 33.5 Å². The number of carbonyl (C=O) groups is 1. The monoisotopic (exact) mass is 492 g/mol. The van der Waals surface area contributed by atoms with E-state index < -0.39 is 0 Å². The molecule has 0 radical (unpaired) electrons. The average Bonchev–Trinajstić information content (AvgIpc) is 2.99. The number of esters is 1. The van der Waals surface area contributed by atoms with E-state index >= 15 is 0 Å². The third-order valence-corrected chi connectivity index (χ3v) is 7.14. The summed E-state index contributed by atoms with van der Waals surface area (Å²) in [6.45, 7) is 0.204. The molecule has 182 valence electrons. The first-order valence-corrected chi connectivity index (χ1v) is 12.7. The van der Waals surface area contributed by atoms with Crippen LogP contribution in [0.4, 0.5) is 11.4 Å². The highest BCUT2D eigenvalue weighted by Gasteiger charge is 2.37. The summed E-state index contributed by atoms with van der Waals surface area (Å²) in [6, 6.07) is 42.6. The second-order valence-corrected chi connectivity index (χ2v) is 9.39. The van der Waals surface area contributed by atoms with Crippen LogP contribution in [-0.2, 0) is 16.1 Å². The number of hydrazine groups is 1. The van der Waals surface area contributed by atoms with Crippen molar-refractivity contribution in [2.24, 2.45) is 0 Å². The quantitative estimate of drug-likeness (QED) is 0.260. The Morgan fingerprint density at radius 3 is 2.00 bits per heavy atom. The standard InChI is InChI=1S/C34H24N2O2/c37-34(38-22-23-12-3-1-4-13-23)31-29-20-11-19-25(24-14-5-2-6-15-24)32(29)35-36-30-21-10-9-17-27(30)26-16-7-8-18-28(26)33(31)36/h1-21,35H,22H2. The van der Waals surface area contributed by atoms with Crippen molar-refractivity contribution in [3.63, 3.8) is 0 Å². The van der Waals surface area contributed by atoms with Crippen LogP contribution in [0.5, 0.6) is 0 Å². The van der Waals surface area contributed by atoms with Crippen LogP contribution in [-0.4, -0.2) is 5.97 Å². The van der Waals surface area contributed by atoms with Gasteiger partial charge in [0, 0.05) is 22.3 Å². The first kappa shape index (κ1) is 22.1. The van der Waals surface area contributed by atoms with Crippen molar-refractivity contribution in [3.05, 3.63) is 144 Å². The van der Waals surface area contributed by atoms with Gasteiger partial charge in [0.15, 0.2) is 0 Å².